The van der Waals surface area contributed by atoms with Crippen LogP contribution in [0.3, 0.4) is 0 Å². The van der Waals surface area contributed by atoms with E-state index in [2.05, 4.69) is 15.2 Å². The van der Waals surface area contributed by atoms with Gasteiger partial charge in [0.25, 0.3) is 0 Å². The summed E-state index contributed by atoms with van der Waals surface area (Å²) in [5, 5.41) is 3.01. The third-order valence-corrected chi connectivity index (χ3v) is 6.74. The number of nitrogens with zero attached hydrogens (tertiary/aromatic N) is 3. The molecule has 3 heterocycles. The fraction of sp³-hybridized carbons (Fsp3) is 0.833. The van der Waals surface area contributed by atoms with Crippen molar-refractivity contribution in [1.29, 1.82) is 0 Å². The van der Waals surface area contributed by atoms with Gasteiger partial charge in [-0.1, -0.05) is 0 Å². The monoisotopic (exact) mass is 347 g/mol. The van der Waals surface area contributed by atoms with Crippen molar-refractivity contribution in [3.63, 3.8) is 0 Å². The predicted octanol–water partition coefficient (Wildman–Crippen LogP) is 0.938. The molecule has 4 aliphatic rings. The van der Waals surface area contributed by atoms with Crippen molar-refractivity contribution in [3.8, 4) is 0 Å². The Bertz CT molecular complexity index is 592. The summed E-state index contributed by atoms with van der Waals surface area (Å²) in [5.41, 5.74) is 5.78. The van der Waals surface area contributed by atoms with Crippen LogP contribution in [-0.4, -0.2) is 65.8 Å². The van der Waals surface area contributed by atoms with Gasteiger partial charge in [0.15, 0.2) is 0 Å². The normalized spacial score (nSPS) is 35.2. The Hall–Kier alpha value is -1.63. The summed E-state index contributed by atoms with van der Waals surface area (Å²) in [6, 6.07) is 0.707. The van der Waals surface area contributed by atoms with Gasteiger partial charge < -0.3 is 20.9 Å². The highest BCUT2D eigenvalue weighted by molar-refractivity contribution is 5.91. The zero-order valence-electron chi connectivity index (χ0n) is 15.0. The van der Waals surface area contributed by atoms with E-state index in [1.165, 1.54) is 6.42 Å². The molecule has 1 aliphatic carbocycles. The van der Waals surface area contributed by atoms with Gasteiger partial charge in [-0.3, -0.25) is 4.79 Å². The van der Waals surface area contributed by atoms with Crippen molar-refractivity contribution in [2.75, 3.05) is 26.2 Å². The van der Waals surface area contributed by atoms with E-state index in [1.54, 1.807) is 6.92 Å². The molecule has 4 rings (SSSR count). The maximum Gasteiger partial charge on any atom is 0.345 e. The first-order chi connectivity index (χ1) is 11.9. The van der Waals surface area contributed by atoms with Gasteiger partial charge in [-0.2, -0.15) is 4.99 Å². The number of hydrogen-bond donors (Lipinski definition) is 2. The summed E-state index contributed by atoms with van der Waals surface area (Å²) in [6.45, 7) is 5.50. The van der Waals surface area contributed by atoms with Crippen molar-refractivity contribution in [3.05, 3.63) is 0 Å². The lowest BCUT2D eigenvalue weighted by Gasteiger charge is -2.44. The summed E-state index contributed by atoms with van der Waals surface area (Å²) in [6.07, 6.45) is 6.25. The molecule has 3 unspecified atom stereocenters. The van der Waals surface area contributed by atoms with E-state index in [-0.39, 0.29) is 17.4 Å². The summed E-state index contributed by atoms with van der Waals surface area (Å²) in [7, 11) is 0. The van der Waals surface area contributed by atoms with Crippen LogP contribution in [0.1, 0.15) is 45.4 Å². The Balaban J connectivity index is 1.36. The third kappa shape index (κ3) is 3.26. The van der Waals surface area contributed by atoms with Gasteiger partial charge in [-0.15, -0.1) is 0 Å². The van der Waals surface area contributed by atoms with E-state index < -0.39 is 0 Å². The van der Waals surface area contributed by atoms with E-state index in [1.807, 2.05) is 4.90 Å². The molecular formula is C18H29N5O2. The highest BCUT2D eigenvalue weighted by atomic mass is 16.2. The first-order valence-electron chi connectivity index (χ1n) is 9.56. The van der Waals surface area contributed by atoms with Crippen molar-refractivity contribution < 1.29 is 9.59 Å². The molecule has 138 valence electrons. The van der Waals surface area contributed by atoms with Gasteiger partial charge in [-0.25, -0.2) is 4.79 Å². The first-order valence-corrected chi connectivity index (χ1v) is 9.56. The Morgan fingerprint density at radius 1 is 1.24 bits per heavy atom. The minimum Gasteiger partial charge on any atom is -0.387 e. The van der Waals surface area contributed by atoms with Gasteiger partial charge >= 0.3 is 6.03 Å². The molecule has 0 aromatic carbocycles. The maximum atomic E-state index is 12.3. The topological polar surface area (TPSA) is 91.0 Å². The van der Waals surface area contributed by atoms with Crippen LogP contribution in [0, 0.1) is 11.3 Å². The SMILES string of the molecule is C/C(N)=N/C(=O)N1CC2CC(N3CCC4(CC3)CNC(=O)C4)CC1C2. The Morgan fingerprint density at radius 3 is 2.60 bits per heavy atom. The van der Waals surface area contributed by atoms with Gasteiger partial charge in [0, 0.05) is 31.6 Å². The molecule has 3 atom stereocenters. The van der Waals surface area contributed by atoms with Gasteiger partial charge in [-0.05, 0) is 63.5 Å². The number of fused-ring (bicyclic) bond motifs is 2. The molecule has 7 nitrogen and oxygen atoms in total. The molecule has 3 aliphatic heterocycles. The smallest absolute Gasteiger partial charge is 0.345 e. The first kappa shape index (κ1) is 16.8. The number of amidine groups is 1. The highest BCUT2D eigenvalue weighted by Gasteiger charge is 2.46. The summed E-state index contributed by atoms with van der Waals surface area (Å²) < 4.78 is 0. The van der Waals surface area contributed by atoms with Crippen LogP contribution in [0.4, 0.5) is 4.79 Å². The molecule has 0 radical (unpaired) electrons. The number of aliphatic imine (C=N–C) groups is 1. The molecule has 4 fully saturated rings. The quantitative estimate of drug-likeness (QED) is 0.545. The molecule has 0 aromatic heterocycles. The number of rotatable bonds is 1. The van der Waals surface area contributed by atoms with Crippen molar-refractivity contribution in [2.24, 2.45) is 22.1 Å². The van der Waals surface area contributed by atoms with Gasteiger partial charge in [0.05, 0.1) is 0 Å². The Labute approximate surface area is 149 Å². The zero-order chi connectivity index (χ0) is 17.6. The molecule has 3 N–H and O–H groups in total. The van der Waals surface area contributed by atoms with Gasteiger partial charge in [0.1, 0.15) is 5.84 Å². The minimum absolute atomic E-state index is 0.165. The van der Waals surface area contributed by atoms with Crippen LogP contribution in [-0.2, 0) is 4.79 Å². The van der Waals surface area contributed by atoms with Crippen molar-refractivity contribution in [1.82, 2.24) is 15.1 Å². The molecular weight excluding hydrogens is 318 g/mol. The molecule has 2 bridgehead atoms. The zero-order valence-corrected chi connectivity index (χ0v) is 15.0. The van der Waals surface area contributed by atoms with Crippen molar-refractivity contribution >= 4 is 17.8 Å². The number of piperidine rings is 1. The second-order valence-corrected chi connectivity index (χ2v) is 8.56. The molecule has 1 spiro atoms. The lowest BCUT2D eigenvalue weighted by molar-refractivity contribution is -0.119. The average molecular weight is 347 g/mol. The van der Waals surface area contributed by atoms with E-state index in [0.29, 0.717) is 30.3 Å². The number of carbonyl (C=O) groups is 2. The average Bonchev–Trinajstić information content (AvgIpc) is 3.07. The third-order valence-electron chi connectivity index (χ3n) is 6.74. The molecule has 3 amide bonds. The highest BCUT2D eigenvalue weighted by Crippen LogP contribution is 2.42. The molecule has 7 heteroatoms. The number of nitrogens with one attached hydrogen (secondary N) is 1. The lowest BCUT2D eigenvalue weighted by Crippen LogP contribution is -2.49. The van der Waals surface area contributed by atoms with Crippen molar-refractivity contribution in [2.45, 2.75) is 57.5 Å². The summed E-state index contributed by atoms with van der Waals surface area (Å²) >= 11 is 0. The van der Waals surface area contributed by atoms with Crippen LogP contribution in [0.15, 0.2) is 4.99 Å². The standard InChI is InChI=1S/C18H29N5O2/c1-12(19)21-17(25)23-10-13-6-14(8-15(23)7-13)22-4-2-18(3-5-22)9-16(24)20-11-18/h13-15H,2-11H2,1H3,(H,20,24)(H2,19,21,25). The van der Waals surface area contributed by atoms with Crippen LogP contribution in [0.25, 0.3) is 0 Å². The molecule has 0 aromatic rings. The van der Waals surface area contributed by atoms with Gasteiger partial charge in [0.2, 0.25) is 5.91 Å². The second kappa shape index (κ2) is 6.27. The lowest BCUT2D eigenvalue weighted by atomic mass is 9.76. The fourth-order valence-electron chi connectivity index (χ4n) is 5.42. The summed E-state index contributed by atoms with van der Waals surface area (Å²) in [4.78, 5) is 32.4. The fourth-order valence-corrected chi connectivity index (χ4v) is 5.42. The number of likely N-dealkylation sites (tertiary alicyclic amines) is 2. The maximum absolute atomic E-state index is 12.3. The number of amides is 3. The molecule has 3 saturated heterocycles. The Kier molecular flexibility index (Phi) is 4.22. The molecule has 1 saturated carbocycles. The Morgan fingerprint density at radius 2 is 1.96 bits per heavy atom. The van der Waals surface area contributed by atoms with E-state index in [9.17, 15) is 9.59 Å². The van der Waals surface area contributed by atoms with E-state index in [4.69, 9.17) is 5.73 Å². The van der Waals surface area contributed by atoms with E-state index >= 15 is 0 Å². The number of hydrogen-bond acceptors (Lipinski definition) is 3. The van der Waals surface area contributed by atoms with Crippen LogP contribution in [0.2, 0.25) is 0 Å². The van der Waals surface area contributed by atoms with Crippen LogP contribution >= 0.6 is 0 Å². The largest absolute Gasteiger partial charge is 0.387 e. The number of carbonyl (C=O) groups excluding carboxylic acids is 2. The second-order valence-electron chi connectivity index (χ2n) is 8.56. The minimum atomic E-state index is -0.165. The van der Waals surface area contributed by atoms with Crippen LogP contribution in [0.5, 0.6) is 0 Å². The number of urea groups is 1. The predicted molar refractivity (Wildman–Crippen MR) is 95.2 cm³/mol. The summed E-state index contributed by atoms with van der Waals surface area (Å²) in [5.74, 6) is 1.14. The van der Waals surface area contributed by atoms with Crippen LogP contribution < -0.4 is 11.1 Å². The van der Waals surface area contributed by atoms with E-state index in [0.717, 1.165) is 51.9 Å². The molecule has 25 heavy (non-hydrogen) atoms. The number of nitrogens with two attached hydrogens (primary N) is 1.